The van der Waals surface area contributed by atoms with Crippen LogP contribution in [0.5, 0.6) is 0 Å². The van der Waals surface area contributed by atoms with Crippen molar-refractivity contribution in [2.24, 2.45) is 0 Å². The highest BCUT2D eigenvalue weighted by Crippen LogP contribution is 2.31. The van der Waals surface area contributed by atoms with E-state index in [2.05, 4.69) is 12.1 Å². The number of esters is 1. The van der Waals surface area contributed by atoms with Crippen molar-refractivity contribution in [1.29, 1.82) is 0 Å². The fourth-order valence-corrected chi connectivity index (χ4v) is 3.30. The lowest BCUT2D eigenvalue weighted by atomic mass is 9.95. The normalized spacial score (nSPS) is 13.3. The van der Waals surface area contributed by atoms with Gasteiger partial charge in [0, 0.05) is 19.2 Å². The lowest BCUT2D eigenvalue weighted by molar-refractivity contribution is -0.142. The van der Waals surface area contributed by atoms with Crippen molar-refractivity contribution in [1.82, 2.24) is 0 Å². The quantitative estimate of drug-likeness (QED) is 0.798. The number of fused-ring (bicyclic) bond motifs is 1. The molecule has 1 aliphatic rings. The van der Waals surface area contributed by atoms with E-state index in [1.807, 2.05) is 42.2 Å². The molecule has 0 atom stereocenters. The molecule has 4 nitrogen and oxygen atoms in total. The summed E-state index contributed by atoms with van der Waals surface area (Å²) >= 11 is 0. The summed E-state index contributed by atoms with van der Waals surface area (Å²) in [6, 6.07) is 14.3. The number of hydrogen-bond acceptors (Lipinski definition) is 3. The zero-order valence-electron chi connectivity index (χ0n) is 14.7. The molecule has 130 valence electrons. The summed E-state index contributed by atoms with van der Waals surface area (Å²) in [4.78, 5) is 25.2. The van der Waals surface area contributed by atoms with Gasteiger partial charge in [0.15, 0.2) is 0 Å². The van der Waals surface area contributed by atoms with Crippen LogP contribution in [0, 0.1) is 0 Å². The van der Waals surface area contributed by atoms with E-state index in [0.29, 0.717) is 13.0 Å². The molecule has 3 rings (SSSR count). The van der Waals surface area contributed by atoms with Crippen molar-refractivity contribution in [3.63, 3.8) is 0 Å². The minimum Gasteiger partial charge on any atom is -0.466 e. The van der Waals surface area contributed by atoms with Gasteiger partial charge in [0.1, 0.15) is 0 Å². The van der Waals surface area contributed by atoms with Gasteiger partial charge in [0.25, 0.3) is 0 Å². The Morgan fingerprint density at radius 2 is 1.80 bits per heavy atom. The molecule has 0 unspecified atom stereocenters. The van der Waals surface area contributed by atoms with Crippen LogP contribution in [0.4, 0.5) is 5.69 Å². The second-order valence-electron chi connectivity index (χ2n) is 6.30. The summed E-state index contributed by atoms with van der Waals surface area (Å²) in [6.45, 7) is 4.63. The van der Waals surface area contributed by atoms with E-state index < -0.39 is 0 Å². The molecule has 0 radical (unpaired) electrons. The predicted molar refractivity (Wildman–Crippen MR) is 98.6 cm³/mol. The summed E-state index contributed by atoms with van der Waals surface area (Å²) in [5, 5.41) is 0. The molecule has 0 fully saturated rings. The monoisotopic (exact) mass is 337 g/mol. The van der Waals surface area contributed by atoms with Crippen LogP contribution in [-0.2, 0) is 27.2 Å². The summed E-state index contributed by atoms with van der Waals surface area (Å²) in [7, 11) is 0. The van der Waals surface area contributed by atoms with Crippen LogP contribution >= 0.6 is 0 Å². The van der Waals surface area contributed by atoms with Crippen LogP contribution in [0.3, 0.4) is 0 Å². The SMILES string of the molecule is CCOC(=O)Cc1ccc(-c2ccc3c(c2)CCCN3C(C)=O)cc1. The highest BCUT2D eigenvalue weighted by atomic mass is 16.5. The van der Waals surface area contributed by atoms with Crippen molar-refractivity contribution in [2.45, 2.75) is 33.1 Å². The Balaban J connectivity index is 1.80. The molecule has 1 heterocycles. The third kappa shape index (κ3) is 3.90. The lowest BCUT2D eigenvalue weighted by Gasteiger charge is -2.29. The molecule has 2 aromatic rings. The number of nitrogens with zero attached hydrogens (tertiary/aromatic N) is 1. The third-order valence-corrected chi connectivity index (χ3v) is 4.52. The first-order valence-corrected chi connectivity index (χ1v) is 8.74. The zero-order valence-corrected chi connectivity index (χ0v) is 14.7. The van der Waals surface area contributed by atoms with Gasteiger partial charge in [0.2, 0.25) is 5.91 Å². The third-order valence-electron chi connectivity index (χ3n) is 4.52. The van der Waals surface area contributed by atoms with Crippen molar-refractivity contribution < 1.29 is 14.3 Å². The number of hydrogen-bond donors (Lipinski definition) is 0. The molecule has 0 saturated carbocycles. The number of anilines is 1. The molecule has 1 amide bonds. The fraction of sp³-hybridized carbons (Fsp3) is 0.333. The van der Waals surface area contributed by atoms with E-state index >= 15 is 0 Å². The smallest absolute Gasteiger partial charge is 0.310 e. The minimum absolute atomic E-state index is 0.0945. The number of amides is 1. The largest absolute Gasteiger partial charge is 0.466 e. The van der Waals surface area contributed by atoms with Gasteiger partial charge in [-0.2, -0.15) is 0 Å². The van der Waals surface area contributed by atoms with Crippen LogP contribution in [0.15, 0.2) is 42.5 Å². The molecule has 0 bridgehead atoms. The second-order valence-corrected chi connectivity index (χ2v) is 6.30. The van der Waals surface area contributed by atoms with Crippen molar-refractivity contribution in [3.8, 4) is 11.1 Å². The highest BCUT2D eigenvalue weighted by Gasteiger charge is 2.20. The number of ether oxygens (including phenoxy) is 1. The molecule has 25 heavy (non-hydrogen) atoms. The van der Waals surface area contributed by atoms with Gasteiger partial charge in [0.05, 0.1) is 13.0 Å². The van der Waals surface area contributed by atoms with Crippen LogP contribution in [0.25, 0.3) is 11.1 Å². The van der Waals surface area contributed by atoms with E-state index in [4.69, 9.17) is 4.74 Å². The van der Waals surface area contributed by atoms with E-state index in [0.717, 1.165) is 41.8 Å². The molecular weight excluding hydrogens is 314 g/mol. The van der Waals surface area contributed by atoms with E-state index in [1.165, 1.54) is 5.56 Å². The Bertz CT molecular complexity index is 780. The van der Waals surface area contributed by atoms with Gasteiger partial charge in [-0.25, -0.2) is 0 Å². The van der Waals surface area contributed by atoms with Gasteiger partial charge >= 0.3 is 5.97 Å². The van der Waals surface area contributed by atoms with E-state index in [-0.39, 0.29) is 11.9 Å². The molecule has 0 aromatic heterocycles. The maximum Gasteiger partial charge on any atom is 0.310 e. The summed E-state index contributed by atoms with van der Waals surface area (Å²) in [5.74, 6) is -0.106. The molecule has 0 N–H and O–H groups in total. The molecular formula is C21H23NO3. The number of rotatable bonds is 4. The number of aryl methyl sites for hydroxylation is 1. The minimum atomic E-state index is -0.201. The van der Waals surface area contributed by atoms with Gasteiger partial charge in [-0.1, -0.05) is 30.3 Å². The van der Waals surface area contributed by atoms with Gasteiger partial charge in [-0.05, 0) is 54.2 Å². The number of carbonyl (C=O) groups excluding carboxylic acids is 2. The van der Waals surface area contributed by atoms with Crippen molar-refractivity contribution in [3.05, 3.63) is 53.6 Å². The molecule has 0 spiro atoms. The molecule has 0 saturated heterocycles. The lowest BCUT2D eigenvalue weighted by Crippen LogP contribution is -2.33. The predicted octanol–water partition coefficient (Wildman–Crippen LogP) is 3.76. The molecule has 0 aliphatic carbocycles. The maximum absolute atomic E-state index is 11.8. The second kappa shape index (κ2) is 7.51. The topological polar surface area (TPSA) is 46.6 Å². The highest BCUT2D eigenvalue weighted by molar-refractivity contribution is 5.93. The standard InChI is InChI=1S/C21H23NO3/c1-3-25-21(24)13-16-6-8-17(9-7-16)18-10-11-20-19(14-18)5-4-12-22(20)15(2)23/h6-11,14H,3-5,12-13H2,1-2H3. The van der Waals surface area contributed by atoms with E-state index in [1.54, 1.807) is 6.92 Å². The Morgan fingerprint density at radius 1 is 1.08 bits per heavy atom. The first-order valence-electron chi connectivity index (χ1n) is 8.74. The zero-order chi connectivity index (χ0) is 17.8. The summed E-state index contributed by atoms with van der Waals surface area (Å²) in [5.41, 5.74) is 5.43. The van der Waals surface area contributed by atoms with Crippen LogP contribution in [0.2, 0.25) is 0 Å². The Kier molecular flexibility index (Phi) is 5.17. The summed E-state index contributed by atoms with van der Waals surface area (Å²) in [6.07, 6.45) is 2.29. The number of benzene rings is 2. The van der Waals surface area contributed by atoms with Crippen LogP contribution < -0.4 is 4.90 Å². The molecule has 2 aromatic carbocycles. The first-order chi connectivity index (χ1) is 12.1. The van der Waals surface area contributed by atoms with Crippen LogP contribution in [-0.4, -0.2) is 25.0 Å². The average molecular weight is 337 g/mol. The molecule has 4 heteroatoms. The van der Waals surface area contributed by atoms with Crippen molar-refractivity contribution >= 4 is 17.6 Å². The Hall–Kier alpha value is -2.62. The maximum atomic E-state index is 11.8. The fourth-order valence-electron chi connectivity index (χ4n) is 3.30. The van der Waals surface area contributed by atoms with Gasteiger partial charge < -0.3 is 9.64 Å². The van der Waals surface area contributed by atoms with E-state index in [9.17, 15) is 9.59 Å². The van der Waals surface area contributed by atoms with Gasteiger partial charge in [-0.3, -0.25) is 9.59 Å². The van der Waals surface area contributed by atoms with Crippen molar-refractivity contribution in [2.75, 3.05) is 18.1 Å². The summed E-state index contributed by atoms with van der Waals surface area (Å²) < 4.78 is 4.98. The Labute approximate surface area is 148 Å². The molecule has 1 aliphatic heterocycles. The first kappa shape index (κ1) is 17.2. The Morgan fingerprint density at radius 3 is 2.48 bits per heavy atom. The average Bonchev–Trinajstić information content (AvgIpc) is 2.61. The van der Waals surface area contributed by atoms with Crippen LogP contribution in [0.1, 0.15) is 31.4 Å². The number of carbonyl (C=O) groups is 2. The van der Waals surface area contributed by atoms with Gasteiger partial charge in [-0.15, -0.1) is 0 Å².